The van der Waals surface area contributed by atoms with Crippen molar-refractivity contribution < 1.29 is 18.3 Å². The Labute approximate surface area is 139 Å². The molecule has 1 aromatic heterocycles. The lowest BCUT2D eigenvalue weighted by atomic mass is 9.96. The normalized spacial score (nSPS) is 15.8. The first-order chi connectivity index (χ1) is 11.4. The molecule has 2 nitrogen and oxygen atoms in total. The number of aliphatic hydroxyl groups is 1. The van der Waals surface area contributed by atoms with E-state index in [1.165, 1.54) is 18.2 Å². The Morgan fingerprint density at radius 1 is 1.08 bits per heavy atom. The highest BCUT2D eigenvalue weighted by Crippen LogP contribution is 2.42. The second kappa shape index (κ2) is 6.55. The molecule has 1 N–H and O–H groups in total. The van der Waals surface area contributed by atoms with Crippen molar-refractivity contribution in [1.29, 1.82) is 0 Å². The van der Waals surface area contributed by atoms with E-state index in [9.17, 15) is 18.3 Å². The third kappa shape index (κ3) is 3.18. The van der Waals surface area contributed by atoms with Gasteiger partial charge in [0.1, 0.15) is 23.1 Å². The summed E-state index contributed by atoms with van der Waals surface area (Å²) in [4.78, 5) is 4.27. The van der Waals surface area contributed by atoms with E-state index < -0.39 is 17.5 Å². The predicted octanol–water partition coefficient (Wildman–Crippen LogP) is 4.78. The van der Waals surface area contributed by atoms with E-state index in [-0.39, 0.29) is 29.7 Å². The molecule has 1 aromatic carbocycles. The Bertz CT molecular complexity index is 757. The van der Waals surface area contributed by atoms with E-state index in [2.05, 4.69) is 4.98 Å². The number of pyridine rings is 1. The predicted molar refractivity (Wildman–Crippen MR) is 86.2 cm³/mol. The molecule has 24 heavy (non-hydrogen) atoms. The number of hydrogen-bond acceptors (Lipinski definition) is 2. The number of rotatable bonds is 5. The van der Waals surface area contributed by atoms with Crippen molar-refractivity contribution in [2.24, 2.45) is 5.92 Å². The fourth-order valence-corrected chi connectivity index (χ4v) is 3.02. The van der Waals surface area contributed by atoms with E-state index >= 15 is 0 Å². The van der Waals surface area contributed by atoms with Crippen molar-refractivity contribution in [2.45, 2.75) is 38.5 Å². The summed E-state index contributed by atoms with van der Waals surface area (Å²) in [5, 5.41) is 9.57. The van der Waals surface area contributed by atoms with Crippen molar-refractivity contribution in [3.63, 3.8) is 0 Å². The molecule has 1 aliphatic carbocycles. The second-order valence-corrected chi connectivity index (χ2v) is 6.70. The van der Waals surface area contributed by atoms with Gasteiger partial charge < -0.3 is 5.11 Å². The maximum absolute atomic E-state index is 14.3. The molecule has 0 spiro atoms. The molecular formula is C19H20F3NO. The summed E-state index contributed by atoms with van der Waals surface area (Å²) in [5.41, 5.74) is 0.683. The van der Waals surface area contributed by atoms with E-state index in [1.807, 2.05) is 0 Å². The Morgan fingerprint density at radius 2 is 1.79 bits per heavy atom. The summed E-state index contributed by atoms with van der Waals surface area (Å²) >= 11 is 0. The van der Waals surface area contributed by atoms with Crippen molar-refractivity contribution in [3.05, 3.63) is 53.0 Å². The SMILES string of the molecule is CC(C)c1cc(-c2nc(C(CO)C3CC3)ccc2F)c(F)cc1F. The average Bonchev–Trinajstić information content (AvgIpc) is 3.34. The maximum Gasteiger partial charge on any atom is 0.149 e. The Hall–Kier alpha value is -1.88. The summed E-state index contributed by atoms with van der Waals surface area (Å²) in [7, 11) is 0. The molecule has 0 radical (unpaired) electrons. The quantitative estimate of drug-likeness (QED) is 0.853. The van der Waals surface area contributed by atoms with Gasteiger partial charge in [0.2, 0.25) is 0 Å². The molecule has 1 fully saturated rings. The van der Waals surface area contributed by atoms with Gasteiger partial charge >= 0.3 is 0 Å². The minimum Gasteiger partial charge on any atom is -0.396 e. The molecule has 0 saturated heterocycles. The first-order valence-corrected chi connectivity index (χ1v) is 8.19. The first-order valence-electron chi connectivity index (χ1n) is 8.19. The number of halogens is 3. The van der Waals surface area contributed by atoms with Crippen molar-refractivity contribution in [3.8, 4) is 11.3 Å². The van der Waals surface area contributed by atoms with Crippen LogP contribution in [0.15, 0.2) is 24.3 Å². The number of aromatic nitrogens is 1. The molecule has 2 aromatic rings. The van der Waals surface area contributed by atoms with Crippen LogP contribution in [0.25, 0.3) is 11.3 Å². The fraction of sp³-hybridized carbons (Fsp3) is 0.421. The van der Waals surface area contributed by atoms with Crippen molar-refractivity contribution in [1.82, 2.24) is 4.98 Å². The van der Waals surface area contributed by atoms with Gasteiger partial charge in [-0.25, -0.2) is 18.2 Å². The smallest absolute Gasteiger partial charge is 0.149 e. The van der Waals surface area contributed by atoms with Crippen LogP contribution in [0.2, 0.25) is 0 Å². The van der Waals surface area contributed by atoms with E-state index in [1.54, 1.807) is 13.8 Å². The molecule has 1 heterocycles. The zero-order valence-corrected chi connectivity index (χ0v) is 13.7. The van der Waals surface area contributed by atoms with Crippen LogP contribution in [0.1, 0.15) is 49.8 Å². The minimum atomic E-state index is -0.840. The highest BCUT2D eigenvalue weighted by molar-refractivity contribution is 5.62. The lowest BCUT2D eigenvalue weighted by Crippen LogP contribution is -2.10. The number of nitrogens with zero attached hydrogens (tertiary/aromatic N) is 1. The monoisotopic (exact) mass is 335 g/mol. The molecule has 1 atom stereocenters. The van der Waals surface area contributed by atoms with Crippen LogP contribution in [-0.2, 0) is 0 Å². The van der Waals surface area contributed by atoms with Crippen LogP contribution in [0.5, 0.6) is 0 Å². The molecule has 1 unspecified atom stereocenters. The lowest BCUT2D eigenvalue weighted by Gasteiger charge is -2.16. The minimum absolute atomic E-state index is 0.0491. The summed E-state index contributed by atoms with van der Waals surface area (Å²) in [6, 6.07) is 4.88. The van der Waals surface area contributed by atoms with Gasteiger partial charge in [0.25, 0.3) is 0 Å². The Kier molecular flexibility index (Phi) is 4.63. The molecule has 128 valence electrons. The summed E-state index contributed by atoms with van der Waals surface area (Å²) in [6.45, 7) is 3.50. The van der Waals surface area contributed by atoms with E-state index in [0.29, 0.717) is 17.2 Å². The van der Waals surface area contributed by atoms with Gasteiger partial charge in [-0.3, -0.25) is 0 Å². The highest BCUT2D eigenvalue weighted by atomic mass is 19.1. The summed E-state index contributed by atoms with van der Waals surface area (Å²) in [5.74, 6) is -2.14. The summed E-state index contributed by atoms with van der Waals surface area (Å²) in [6.07, 6.45) is 2.00. The van der Waals surface area contributed by atoms with Crippen LogP contribution >= 0.6 is 0 Å². The Balaban J connectivity index is 2.10. The van der Waals surface area contributed by atoms with Gasteiger partial charge in [-0.1, -0.05) is 13.8 Å². The standard InChI is InChI=1S/C19H20F3NO/c1-10(2)12-7-13(17(22)8-16(12)21)19-15(20)5-6-18(23-19)14(9-24)11-3-4-11/h5-8,10-11,14,24H,3-4,9H2,1-2H3. The number of hydrogen-bond donors (Lipinski definition) is 1. The number of aliphatic hydroxyl groups excluding tert-OH is 1. The topological polar surface area (TPSA) is 33.1 Å². The Morgan fingerprint density at radius 3 is 2.38 bits per heavy atom. The van der Waals surface area contributed by atoms with Crippen LogP contribution < -0.4 is 0 Å². The molecule has 5 heteroatoms. The van der Waals surface area contributed by atoms with Crippen molar-refractivity contribution >= 4 is 0 Å². The van der Waals surface area contributed by atoms with Gasteiger partial charge in [0.05, 0.1) is 6.61 Å². The highest BCUT2D eigenvalue weighted by Gasteiger charge is 2.33. The second-order valence-electron chi connectivity index (χ2n) is 6.70. The fourth-order valence-electron chi connectivity index (χ4n) is 3.02. The largest absolute Gasteiger partial charge is 0.396 e. The molecule has 1 aliphatic rings. The molecule has 0 bridgehead atoms. The van der Waals surface area contributed by atoms with Gasteiger partial charge in [0, 0.05) is 23.2 Å². The number of benzene rings is 1. The third-order valence-electron chi connectivity index (χ3n) is 4.60. The van der Waals surface area contributed by atoms with E-state index in [4.69, 9.17) is 0 Å². The third-order valence-corrected chi connectivity index (χ3v) is 4.60. The van der Waals surface area contributed by atoms with Crippen LogP contribution in [0, 0.1) is 23.4 Å². The molecule has 3 rings (SSSR count). The van der Waals surface area contributed by atoms with Gasteiger partial charge in [-0.2, -0.15) is 0 Å². The van der Waals surface area contributed by atoms with Crippen LogP contribution in [-0.4, -0.2) is 16.7 Å². The van der Waals surface area contributed by atoms with Crippen LogP contribution in [0.3, 0.4) is 0 Å². The van der Waals surface area contributed by atoms with Gasteiger partial charge in [0.15, 0.2) is 0 Å². The summed E-state index contributed by atoms with van der Waals surface area (Å²) < 4.78 is 42.4. The lowest BCUT2D eigenvalue weighted by molar-refractivity contribution is 0.250. The van der Waals surface area contributed by atoms with Crippen molar-refractivity contribution in [2.75, 3.05) is 6.61 Å². The molecular weight excluding hydrogens is 315 g/mol. The average molecular weight is 335 g/mol. The first kappa shape index (κ1) is 17.0. The molecule has 0 amide bonds. The van der Waals surface area contributed by atoms with Gasteiger partial charge in [-0.05, 0) is 48.4 Å². The van der Waals surface area contributed by atoms with Gasteiger partial charge in [-0.15, -0.1) is 0 Å². The zero-order chi connectivity index (χ0) is 17.4. The van der Waals surface area contributed by atoms with E-state index in [0.717, 1.165) is 18.9 Å². The maximum atomic E-state index is 14.3. The molecule has 0 aliphatic heterocycles. The van der Waals surface area contributed by atoms with Crippen LogP contribution in [0.4, 0.5) is 13.2 Å². The molecule has 1 saturated carbocycles. The zero-order valence-electron chi connectivity index (χ0n) is 13.7.